The summed E-state index contributed by atoms with van der Waals surface area (Å²) in [6, 6.07) is 9.78. The van der Waals surface area contributed by atoms with E-state index in [-0.39, 0.29) is 0 Å². The van der Waals surface area contributed by atoms with E-state index in [1.807, 2.05) is 42.2 Å². The number of carboxylic acid groups (broad SMARTS) is 1. The van der Waals surface area contributed by atoms with Gasteiger partial charge in [-0.1, -0.05) is 37.0 Å². The summed E-state index contributed by atoms with van der Waals surface area (Å²) in [5, 5.41) is 9.46. The van der Waals surface area contributed by atoms with E-state index in [1.54, 1.807) is 0 Å². The first-order valence-corrected chi connectivity index (χ1v) is 6.71. The topological polar surface area (TPSA) is 40.5 Å². The molecule has 1 heterocycles. The lowest BCUT2D eigenvalue weighted by molar-refractivity contribution is -0.149. The van der Waals surface area contributed by atoms with Crippen molar-refractivity contribution in [2.75, 3.05) is 13.1 Å². The Balaban J connectivity index is 2.07. The molecule has 1 aliphatic rings. The van der Waals surface area contributed by atoms with Gasteiger partial charge in [-0.05, 0) is 31.4 Å². The van der Waals surface area contributed by atoms with Crippen LogP contribution in [0.3, 0.4) is 0 Å². The first kappa shape index (κ1) is 13.6. The van der Waals surface area contributed by atoms with Gasteiger partial charge >= 0.3 is 5.97 Å². The molecule has 1 aliphatic heterocycles. The second kappa shape index (κ2) is 5.90. The summed E-state index contributed by atoms with van der Waals surface area (Å²) >= 11 is 0. The third-order valence-electron chi connectivity index (χ3n) is 3.88. The Morgan fingerprint density at radius 2 is 2.16 bits per heavy atom. The van der Waals surface area contributed by atoms with Crippen LogP contribution in [0.1, 0.15) is 31.7 Å². The lowest BCUT2D eigenvalue weighted by Gasteiger charge is -2.32. The fraction of sp³-hybridized carbons (Fsp3) is 0.438. The largest absolute Gasteiger partial charge is 0.480 e. The van der Waals surface area contributed by atoms with Gasteiger partial charge in [-0.15, -0.1) is 0 Å². The summed E-state index contributed by atoms with van der Waals surface area (Å²) in [5.41, 5.74) is 0.268. The summed E-state index contributed by atoms with van der Waals surface area (Å²) in [4.78, 5) is 13.5. The highest BCUT2D eigenvalue weighted by molar-refractivity contribution is 5.79. The van der Waals surface area contributed by atoms with Crippen molar-refractivity contribution < 1.29 is 9.90 Å². The average Bonchev–Trinajstić information content (AvgIpc) is 2.84. The van der Waals surface area contributed by atoms with E-state index in [0.717, 1.165) is 24.9 Å². The van der Waals surface area contributed by atoms with Crippen molar-refractivity contribution in [1.82, 2.24) is 4.90 Å². The van der Waals surface area contributed by atoms with Crippen molar-refractivity contribution in [3.05, 3.63) is 35.9 Å². The quantitative estimate of drug-likeness (QED) is 0.845. The predicted molar refractivity (Wildman–Crippen MR) is 74.8 cm³/mol. The number of hydrogen-bond acceptors (Lipinski definition) is 2. The maximum atomic E-state index is 11.5. The molecule has 1 aromatic rings. The van der Waals surface area contributed by atoms with Crippen LogP contribution in [0.2, 0.25) is 0 Å². The molecule has 100 valence electrons. The molecule has 0 saturated carbocycles. The van der Waals surface area contributed by atoms with Gasteiger partial charge in [0.25, 0.3) is 0 Å². The molecular weight excluding hydrogens is 238 g/mol. The monoisotopic (exact) mass is 257 g/mol. The third kappa shape index (κ3) is 2.80. The smallest absolute Gasteiger partial charge is 0.324 e. The number of rotatable bonds is 3. The number of benzene rings is 1. The fourth-order valence-corrected chi connectivity index (χ4v) is 2.72. The molecule has 1 aromatic carbocycles. The molecule has 2 rings (SSSR count). The van der Waals surface area contributed by atoms with Crippen molar-refractivity contribution in [2.45, 2.75) is 31.7 Å². The van der Waals surface area contributed by atoms with Gasteiger partial charge in [-0.25, -0.2) is 0 Å². The minimum atomic E-state index is -0.714. The lowest BCUT2D eigenvalue weighted by Crippen LogP contribution is -2.50. The normalized spacial score (nSPS) is 22.8. The van der Waals surface area contributed by atoms with Crippen LogP contribution in [0.5, 0.6) is 0 Å². The highest BCUT2D eigenvalue weighted by Gasteiger charge is 2.45. The van der Waals surface area contributed by atoms with Gasteiger partial charge in [-0.3, -0.25) is 9.69 Å². The number of aliphatic carboxylic acids is 1. The van der Waals surface area contributed by atoms with E-state index in [1.165, 1.54) is 0 Å². The molecular formula is C16H19NO2. The third-order valence-corrected chi connectivity index (χ3v) is 3.88. The molecule has 1 unspecified atom stereocenters. The van der Waals surface area contributed by atoms with Crippen molar-refractivity contribution in [3.8, 4) is 11.8 Å². The average molecular weight is 257 g/mol. The molecule has 0 bridgehead atoms. The highest BCUT2D eigenvalue weighted by Crippen LogP contribution is 2.32. The Kier molecular flexibility index (Phi) is 4.24. The van der Waals surface area contributed by atoms with Crippen molar-refractivity contribution in [1.29, 1.82) is 0 Å². The molecule has 0 radical (unpaired) electrons. The van der Waals surface area contributed by atoms with Crippen molar-refractivity contribution in [3.63, 3.8) is 0 Å². The molecule has 19 heavy (non-hydrogen) atoms. The van der Waals surface area contributed by atoms with E-state index in [0.29, 0.717) is 13.0 Å². The van der Waals surface area contributed by atoms with E-state index < -0.39 is 11.5 Å². The zero-order chi connectivity index (χ0) is 13.7. The maximum Gasteiger partial charge on any atom is 0.324 e. The van der Waals surface area contributed by atoms with Crippen LogP contribution in [0, 0.1) is 11.8 Å². The Morgan fingerprint density at radius 1 is 1.42 bits per heavy atom. The molecule has 1 N–H and O–H groups in total. The fourth-order valence-electron chi connectivity index (χ4n) is 2.72. The summed E-state index contributed by atoms with van der Waals surface area (Å²) in [6.45, 7) is 3.29. The van der Waals surface area contributed by atoms with Gasteiger partial charge in [0.15, 0.2) is 0 Å². The summed E-state index contributed by atoms with van der Waals surface area (Å²) < 4.78 is 0. The van der Waals surface area contributed by atoms with E-state index in [2.05, 4.69) is 11.8 Å². The molecule has 0 spiro atoms. The number of carbonyl (C=O) groups is 1. The Hall–Kier alpha value is -1.79. The molecule has 0 aromatic heterocycles. The van der Waals surface area contributed by atoms with Crippen molar-refractivity contribution >= 4 is 5.97 Å². The van der Waals surface area contributed by atoms with Crippen LogP contribution in [-0.4, -0.2) is 34.6 Å². The van der Waals surface area contributed by atoms with Gasteiger partial charge in [-0.2, -0.15) is 0 Å². The minimum Gasteiger partial charge on any atom is -0.480 e. The van der Waals surface area contributed by atoms with Gasteiger partial charge in [0.1, 0.15) is 5.54 Å². The SMILES string of the molecule is CCC1(C(=O)O)CCCN1CC#Cc1ccccc1. The van der Waals surface area contributed by atoms with Gasteiger partial charge in [0, 0.05) is 12.1 Å². The van der Waals surface area contributed by atoms with Gasteiger partial charge in [0.2, 0.25) is 0 Å². The maximum absolute atomic E-state index is 11.5. The Bertz CT molecular complexity index is 500. The second-order valence-electron chi connectivity index (χ2n) is 4.88. The molecule has 0 amide bonds. The van der Waals surface area contributed by atoms with Gasteiger partial charge < -0.3 is 5.11 Å². The predicted octanol–water partition coefficient (Wildman–Crippen LogP) is 2.37. The molecule has 3 heteroatoms. The molecule has 1 fully saturated rings. The first-order chi connectivity index (χ1) is 9.19. The number of carboxylic acids is 1. The van der Waals surface area contributed by atoms with E-state index in [4.69, 9.17) is 0 Å². The van der Waals surface area contributed by atoms with Crippen LogP contribution in [0.25, 0.3) is 0 Å². The van der Waals surface area contributed by atoms with Crippen LogP contribution < -0.4 is 0 Å². The summed E-state index contributed by atoms with van der Waals surface area (Å²) in [7, 11) is 0. The number of likely N-dealkylation sites (tertiary alicyclic amines) is 1. The molecule has 0 aliphatic carbocycles. The molecule has 1 atom stereocenters. The zero-order valence-electron chi connectivity index (χ0n) is 11.2. The number of nitrogens with zero attached hydrogens (tertiary/aromatic N) is 1. The highest BCUT2D eigenvalue weighted by atomic mass is 16.4. The zero-order valence-corrected chi connectivity index (χ0v) is 11.2. The van der Waals surface area contributed by atoms with E-state index >= 15 is 0 Å². The summed E-state index contributed by atoms with van der Waals surface area (Å²) in [5.74, 6) is 5.47. The van der Waals surface area contributed by atoms with Crippen LogP contribution in [0.4, 0.5) is 0 Å². The Labute approximate surface area is 114 Å². The standard InChI is InChI=1S/C16H19NO2/c1-2-16(15(18)19)11-7-13-17(16)12-6-10-14-8-4-3-5-9-14/h3-5,8-9H,2,7,11-13H2,1H3,(H,18,19). The van der Waals surface area contributed by atoms with Crippen molar-refractivity contribution in [2.24, 2.45) is 0 Å². The molecule has 1 saturated heterocycles. The minimum absolute atomic E-state index is 0.523. The van der Waals surface area contributed by atoms with Crippen LogP contribution >= 0.6 is 0 Å². The van der Waals surface area contributed by atoms with Crippen LogP contribution in [-0.2, 0) is 4.79 Å². The molecule has 3 nitrogen and oxygen atoms in total. The number of hydrogen-bond donors (Lipinski definition) is 1. The lowest BCUT2D eigenvalue weighted by atomic mass is 9.93. The second-order valence-corrected chi connectivity index (χ2v) is 4.88. The summed E-state index contributed by atoms with van der Waals surface area (Å²) in [6.07, 6.45) is 2.30. The Morgan fingerprint density at radius 3 is 2.79 bits per heavy atom. The van der Waals surface area contributed by atoms with Gasteiger partial charge in [0.05, 0.1) is 6.54 Å². The van der Waals surface area contributed by atoms with E-state index in [9.17, 15) is 9.90 Å². The first-order valence-electron chi connectivity index (χ1n) is 6.71. The van der Waals surface area contributed by atoms with Crippen LogP contribution in [0.15, 0.2) is 30.3 Å².